The lowest BCUT2D eigenvalue weighted by Gasteiger charge is -2.25. The van der Waals surface area contributed by atoms with Crippen LogP contribution in [0.2, 0.25) is 0 Å². The summed E-state index contributed by atoms with van der Waals surface area (Å²) in [7, 11) is 0. The molecular weight excluding hydrogens is 357 g/mol. The van der Waals surface area contributed by atoms with Gasteiger partial charge in [-0.2, -0.15) is 5.10 Å². The van der Waals surface area contributed by atoms with Crippen molar-refractivity contribution in [3.63, 3.8) is 0 Å². The maximum atomic E-state index is 13.5. The molecule has 2 aromatic carbocycles. The third kappa shape index (κ3) is 2.69. The van der Waals surface area contributed by atoms with Crippen LogP contribution in [0.3, 0.4) is 0 Å². The van der Waals surface area contributed by atoms with Gasteiger partial charge in [-0.25, -0.2) is 4.39 Å². The van der Waals surface area contributed by atoms with Gasteiger partial charge in [-0.05, 0) is 48.7 Å². The molecule has 1 aromatic heterocycles. The lowest BCUT2D eigenvalue weighted by Crippen LogP contribution is -2.29. The van der Waals surface area contributed by atoms with Gasteiger partial charge in [0, 0.05) is 17.7 Å². The van der Waals surface area contributed by atoms with Crippen molar-refractivity contribution in [3.05, 3.63) is 82.8 Å². The minimum atomic E-state index is -0.449. The van der Waals surface area contributed by atoms with Gasteiger partial charge in [0.15, 0.2) is 0 Å². The molecule has 6 heteroatoms. The van der Waals surface area contributed by atoms with Crippen LogP contribution in [-0.2, 0) is 0 Å². The molecule has 3 aromatic rings. The summed E-state index contributed by atoms with van der Waals surface area (Å²) in [4.78, 5) is 14.6. The molecular formula is C22H20FN3O2. The van der Waals surface area contributed by atoms with E-state index in [-0.39, 0.29) is 17.5 Å². The summed E-state index contributed by atoms with van der Waals surface area (Å²) >= 11 is 0. The Morgan fingerprint density at radius 3 is 2.64 bits per heavy atom. The summed E-state index contributed by atoms with van der Waals surface area (Å²) in [5, 5.41) is 17.8. The summed E-state index contributed by atoms with van der Waals surface area (Å²) < 4.78 is 13.5. The number of carbonyl (C=O) groups is 1. The first-order valence-electron chi connectivity index (χ1n) is 8.98. The molecule has 0 radical (unpaired) electrons. The molecule has 1 aliphatic rings. The smallest absolute Gasteiger partial charge is 0.273 e. The highest BCUT2D eigenvalue weighted by Crippen LogP contribution is 2.45. The number of phenolic OH excluding ortho intramolecular Hbond substituents is 1. The number of aryl methyl sites for hydroxylation is 2. The number of phenols is 1. The van der Waals surface area contributed by atoms with Crippen LogP contribution in [0, 0.1) is 19.7 Å². The second kappa shape index (κ2) is 6.64. The molecule has 0 aliphatic carbocycles. The molecule has 0 spiro atoms. The van der Waals surface area contributed by atoms with E-state index in [1.165, 1.54) is 12.1 Å². The molecule has 2 N–H and O–H groups in total. The molecule has 0 fully saturated rings. The van der Waals surface area contributed by atoms with Crippen LogP contribution in [0.1, 0.15) is 38.8 Å². The minimum absolute atomic E-state index is 0.110. The first-order chi connectivity index (χ1) is 13.4. The number of nitrogens with one attached hydrogen (secondary N) is 1. The van der Waals surface area contributed by atoms with Crippen LogP contribution >= 0.6 is 0 Å². The van der Waals surface area contributed by atoms with Crippen molar-refractivity contribution < 1.29 is 14.3 Å². The maximum absolute atomic E-state index is 13.5. The predicted molar refractivity (Wildman–Crippen MR) is 105 cm³/mol. The van der Waals surface area contributed by atoms with E-state index in [1.807, 2.05) is 19.9 Å². The second-order valence-corrected chi connectivity index (χ2v) is 7.04. The van der Waals surface area contributed by atoms with Crippen molar-refractivity contribution >= 4 is 5.91 Å². The number of H-pyrrole nitrogens is 1. The summed E-state index contributed by atoms with van der Waals surface area (Å²) in [6.45, 7) is 7.88. The number of aromatic hydroxyl groups is 1. The number of benzene rings is 2. The first-order valence-corrected chi connectivity index (χ1v) is 8.98. The number of aromatic nitrogens is 2. The number of rotatable bonds is 4. The zero-order chi connectivity index (χ0) is 20.0. The lowest BCUT2D eigenvalue weighted by molar-refractivity contribution is 0.0764. The van der Waals surface area contributed by atoms with Crippen LogP contribution in [0.4, 0.5) is 4.39 Å². The van der Waals surface area contributed by atoms with Crippen molar-refractivity contribution in [3.8, 4) is 17.0 Å². The molecule has 142 valence electrons. The Bertz CT molecular complexity index is 1060. The van der Waals surface area contributed by atoms with Crippen molar-refractivity contribution in [2.24, 2.45) is 0 Å². The summed E-state index contributed by atoms with van der Waals surface area (Å²) in [5.41, 5.74) is 4.74. The number of hydrogen-bond donors (Lipinski definition) is 2. The first kappa shape index (κ1) is 18.0. The van der Waals surface area contributed by atoms with Gasteiger partial charge in [0.05, 0.1) is 6.04 Å². The number of aromatic amines is 1. The molecule has 28 heavy (non-hydrogen) atoms. The van der Waals surface area contributed by atoms with E-state index in [0.29, 0.717) is 29.1 Å². The van der Waals surface area contributed by atoms with Crippen LogP contribution in [0.25, 0.3) is 11.3 Å². The van der Waals surface area contributed by atoms with Gasteiger partial charge in [-0.1, -0.05) is 24.3 Å². The molecule has 1 amide bonds. The number of hydrogen-bond acceptors (Lipinski definition) is 3. The van der Waals surface area contributed by atoms with Gasteiger partial charge < -0.3 is 10.0 Å². The van der Waals surface area contributed by atoms with E-state index >= 15 is 0 Å². The van der Waals surface area contributed by atoms with Crippen molar-refractivity contribution in [1.29, 1.82) is 0 Å². The Labute approximate surface area is 162 Å². The van der Waals surface area contributed by atoms with Crippen molar-refractivity contribution in [2.75, 3.05) is 6.54 Å². The molecule has 0 saturated carbocycles. The fraction of sp³-hybridized carbons (Fsp3) is 0.182. The third-order valence-electron chi connectivity index (χ3n) is 5.07. The van der Waals surface area contributed by atoms with Gasteiger partial charge in [0.1, 0.15) is 23.0 Å². The largest absolute Gasteiger partial charge is 0.507 e. The fourth-order valence-electron chi connectivity index (χ4n) is 3.96. The fourth-order valence-corrected chi connectivity index (χ4v) is 3.96. The lowest BCUT2D eigenvalue weighted by atomic mass is 9.93. The van der Waals surface area contributed by atoms with Gasteiger partial charge >= 0.3 is 0 Å². The maximum Gasteiger partial charge on any atom is 0.273 e. The molecule has 5 nitrogen and oxygen atoms in total. The Morgan fingerprint density at radius 2 is 2.00 bits per heavy atom. The zero-order valence-corrected chi connectivity index (χ0v) is 15.7. The van der Waals surface area contributed by atoms with E-state index in [4.69, 9.17) is 0 Å². The van der Waals surface area contributed by atoms with Crippen molar-refractivity contribution in [2.45, 2.75) is 19.9 Å². The average Bonchev–Trinajstić information content (AvgIpc) is 3.16. The van der Waals surface area contributed by atoms with E-state index in [1.54, 1.807) is 29.2 Å². The predicted octanol–water partition coefficient (Wildman–Crippen LogP) is 4.27. The average molecular weight is 377 g/mol. The van der Waals surface area contributed by atoms with Crippen LogP contribution in [-0.4, -0.2) is 32.7 Å². The highest BCUT2D eigenvalue weighted by atomic mass is 19.1. The molecule has 1 aliphatic heterocycles. The summed E-state index contributed by atoms with van der Waals surface area (Å²) in [6.07, 6.45) is 1.65. The van der Waals surface area contributed by atoms with E-state index in [0.717, 1.165) is 16.7 Å². The van der Waals surface area contributed by atoms with Gasteiger partial charge in [-0.15, -0.1) is 6.58 Å². The highest BCUT2D eigenvalue weighted by Gasteiger charge is 2.42. The molecule has 1 atom stereocenters. The standard InChI is InChI=1S/C22H20FN3O2/c1-4-9-26-21(14-5-7-15(23)8-6-14)18-19(24-25-20(18)22(26)28)17-13(3)10-12(2)11-16(17)27/h4-8,10-11,21,27H,1,9H2,2-3H3,(H,24,25)/t21-/m1/s1. The molecule has 0 bridgehead atoms. The molecule has 2 heterocycles. The normalized spacial score (nSPS) is 15.8. The summed E-state index contributed by atoms with van der Waals surface area (Å²) in [5.74, 6) is -0.436. The Balaban J connectivity index is 1.95. The number of halogens is 1. The number of fused-ring (bicyclic) bond motifs is 1. The van der Waals surface area contributed by atoms with E-state index in [9.17, 15) is 14.3 Å². The Kier molecular flexibility index (Phi) is 4.26. The minimum Gasteiger partial charge on any atom is -0.507 e. The monoisotopic (exact) mass is 377 g/mol. The number of carbonyl (C=O) groups excluding carboxylic acids is 1. The zero-order valence-electron chi connectivity index (χ0n) is 15.7. The van der Waals surface area contributed by atoms with Crippen LogP contribution in [0.15, 0.2) is 49.1 Å². The van der Waals surface area contributed by atoms with Crippen LogP contribution < -0.4 is 0 Å². The van der Waals surface area contributed by atoms with E-state index in [2.05, 4.69) is 16.8 Å². The van der Waals surface area contributed by atoms with Gasteiger partial charge in [0.25, 0.3) is 5.91 Å². The quantitative estimate of drug-likeness (QED) is 0.667. The topological polar surface area (TPSA) is 69.2 Å². The summed E-state index contributed by atoms with van der Waals surface area (Å²) in [6, 6.07) is 9.26. The molecule has 4 rings (SSSR count). The number of nitrogens with zero attached hydrogens (tertiary/aromatic N) is 2. The van der Waals surface area contributed by atoms with Gasteiger partial charge in [-0.3, -0.25) is 9.89 Å². The van der Waals surface area contributed by atoms with Crippen LogP contribution in [0.5, 0.6) is 5.75 Å². The van der Waals surface area contributed by atoms with E-state index < -0.39 is 6.04 Å². The second-order valence-electron chi connectivity index (χ2n) is 7.04. The molecule has 0 unspecified atom stereocenters. The SMILES string of the molecule is C=CCN1C(=O)c2[nH]nc(-c3c(C)cc(C)cc3O)c2[C@H]1c1ccc(F)cc1. The number of amides is 1. The Morgan fingerprint density at radius 1 is 1.29 bits per heavy atom. The molecule has 0 saturated heterocycles. The third-order valence-corrected chi connectivity index (χ3v) is 5.07. The van der Waals surface area contributed by atoms with Crippen molar-refractivity contribution in [1.82, 2.24) is 15.1 Å². The van der Waals surface area contributed by atoms with Gasteiger partial charge in [0.2, 0.25) is 0 Å². The Hall–Kier alpha value is -3.41. The highest BCUT2D eigenvalue weighted by molar-refractivity contribution is 6.00.